The molecule has 0 atom stereocenters. The summed E-state index contributed by atoms with van der Waals surface area (Å²) in [5, 5.41) is 9.77. The molecule has 3 N–H and O–H groups in total. The van der Waals surface area contributed by atoms with Gasteiger partial charge in [-0.1, -0.05) is 13.8 Å². The summed E-state index contributed by atoms with van der Waals surface area (Å²) < 4.78 is 13.7. The van der Waals surface area contributed by atoms with Gasteiger partial charge >= 0.3 is 5.97 Å². The molecule has 0 amide bonds. The van der Waals surface area contributed by atoms with Gasteiger partial charge in [-0.05, 0) is 36.3 Å². The van der Waals surface area contributed by atoms with Gasteiger partial charge in [-0.3, -0.25) is 9.82 Å². The minimum atomic E-state index is -0.996. The summed E-state index contributed by atoms with van der Waals surface area (Å²) in [4.78, 5) is 22.2. The fourth-order valence-electron chi connectivity index (χ4n) is 3.19. The van der Waals surface area contributed by atoms with Crippen molar-refractivity contribution in [1.29, 1.82) is 0 Å². The molecule has 0 saturated carbocycles. The molecule has 0 fully saturated rings. The summed E-state index contributed by atoms with van der Waals surface area (Å²) in [5.74, 6) is 3.61. The van der Waals surface area contributed by atoms with Crippen LogP contribution >= 0.6 is 11.3 Å². The van der Waals surface area contributed by atoms with E-state index in [2.05, 4.69) is 23.7 Å². The van der Waals surface area contributed by atoms with Crippen LogP contribution < -0.4 is 5.90 Å². The maximum Gasteiger partial charge on any atom is 0.337 e. The molecule has 0 aliphatic heterocycles. The summed E-state index contributed by atoms with van der Waals surface area (Å²) in [5.41, 5.74) is 2.05. The molecule has 0 unspecified atom stereocenters. The number of carboxylic acid groups (broad SMARTS) is 1. The second kappa shape index (κ2) is 6.23. The van der Waals surface area contributed by atoms with Crippen molar-refractivity contribution >= 4 is 17.3 Å². The first-order chi connectivity index (χ1) is 11.3. The van der Waals surface area contributed by atoms with E-state index in [-0.39, 0.29) is 17.6 Å². The molecule has 2 aromatic rings. The van der Waals surface area contributed by atoms with E-state index >= 15 is 0 Å². The zero-order valence-corrected chi connectivity index (χ0v) is 14.4. The third-order valence-corrected chi connectivity index (χ3v) is 5.72. The summed E-state index contributed by atoms with van der Waals surface area (Å²) in [6.07, 6.45) is 3.61. The number of fused-ring (bicyclic) bond motifs is 1. The number of carbonyl (C=O) groups is 1. The minimum absolute atomic E-state index is 0.0112. The van der Waals surface area contributed by atoms with Crippen LogP contribution in [-0.2, 0) is 24.3 Å². The van der Waals surface area contributed by atoms with E-state index in [4.69, 9.17) is 5.90 Å². The Labute approximate surface area is 143 Å². The Kier molecular flexibility index (Phi) is 4.42. The standard InChI is InChI=1S/C17H19FN2O3S/c1-17(2)4-3-13-11(6-17)14(16(21)22)15(24-13)10-5-9(18)7-20-12(10)8-23-19/h5,7H,3-4,6,8,19H2,1-2H3,(H,21,22). The normalized spacial score (nSPS) is 16.0. The van der Waals surface area contributed by atoms with Gasteiger partial charge < -0.3 is 5.11 Å². The predicted octanol–water partition coefficient (Wildman–Crippen LogP) is 3.55. The van der Waals surface area contributed by atoms with E-state index in [1.807, 2.05) is 0 Å². The number of hydrogen-bond donors (Lipinski definition) is 2. The molecule has 0 radical (unpaired) electrons. The molecule has 0 saturated heterocycles. The molecule has 0 aromatic carbocycles. The van der Waals surface area contributed by atoms with Crippen molar-refractivity contribution in [3.63, 3.8) is 0 Å². The Morgan fingerprint density at radius 3 is 2.96 bits per heavy atom. The zero-order valence-electron chi connectivity index (χ0n) is 13.6. The lowest BCUT2D eigenvalue weighted by molar-refractivity contribution is 0.0696. The average molecular weight is 350 g/mol. The number of thiophene rings is 1. The quantitative estimate of drug-likeness (QED) is 0.824. The van der Waals surface area contributed by atoms with Gasteiger partial charge in [-0.25, -0.2) is 15.1 Å². The van der Waals surface area contributed by atoms with E-state index in [0.29, 0.717) is 22.6 Å². The SMILES string of the molecule is CC1(C)CCc2sc(-c3cc(F)cnc3CON)c(C(=O)O)c2C1. The number of hydrogen-bond acceptors (Lipinski definition) is 5. The third-order valence-electron chi connectivity index (χ3n) is 4.39. The smallest absolute Gasteiger partial charge is 0.337 e. The molecule has 0 bridgehead atoms. The van der Waals surface area contributed by atoms with Crippen molar-refractivity contribution in [2.45, 2.75) is 39.7 Å². The Morgan fingerprint density at radius 2 is 2.29 bits per heavy atom. The van der Waals surface area contributed by atoms with Crippen molar-refractivity contribution in [2.24, 2.45) is 11.3 Å². The fourth-order valence-corrected chi connectivity index (χ4v) is 4.54. The number of rotatable bonds is 4. The first-order valence-electron chi connectivity index (χ1n) is 7.66. The Hall–Kier alpha value is -1.83. The zero-order chi connectivity index (χ0) is 17.5. The monoisotopic (exact) mass is 350 g/mol. The largest absolute Gasteiger partial charge is 0.478 e. The van der Waals surface area contributed by atoms with Crippen LogP contribution in [0.5, 0.6) is 0 Å². The molecule has 24 heavy (non-hydrogen) atoms. The van der Waals surface area contributed by atoms with Gasteiger partial charge in [0.25, 0.3) is 0 Å². The Morgan fingerprint density at radius 1 is 1.54 bits per heavy atom. The van der Waals surface area contributed by atoms with Crippen molar-refractivity contribution in [1.82, 2.24) is 4.98 Å². The van der Waals surface area contributed by atoms with Gasteiger partial charge in [0.1, 0.15) is 12.4 Å². The van der Waals surface area contributed by atoms with Crippen LogP contribution in [0.1, 0.15) is 46.8 Å². The molecule has 128 valence electrons. The van der Waals surface area contributed by atoms with E-state index in [0.717, 1.165) is 29.5 Å². The molecule has 2 aromatic heterocycles. The number of aryl methyl sites for hydroxylation is 1. The van der Waals surface area contributed by atoms with E-state index < -0.39 is 11.8 Å². The van der Waals surface area contributed by atoms with Crippen LogP contribution in [0.4, 0.5) is 4.39 Å². The van der Waals surface area contributed by atoms with E-state index in [9.17, 15) is 14.3 Å². The second-order valence-electron chi connectivity index (χ2n) is 6.81. The number of pyridine rings is 1. The van der Waals surface area contributed by atoms with Crippen LogP contribution in [-0.4, -0.2) is 16.1 Å². The van der Waals surface area contributed by atoms with Gasteiger partial charge in [0.2, 0.25) is 0 Å². The molecule has 1 aliphatic rings. The van der Waals surface area contributed by atoms with Crippen molar-refractivity contribution < 1.29 is 19.1 Å². The number of nitrogens with zero attached hydrogens (tertiary/aromatic N) is 1. The van der Waals surface area contributed by atoms with Crippen LogP contribution in [0.3, 0.4) is 0 Å². The molecular weight excluding hydrogens is 331 g/mol. The summed E-state index contributed by atoms with van der Waals surface area (Å²) in [6.45, 7) is 4.26. The maximum atomic E-state index is 13.7. The van der Waals surface area contributed by atoms with Crippen molar-refractivity contribution in [3.05, 3.63) is 39.8 Å². The topological polar surface area (TPSA) is 85.4 Å². The number of aromatic carboxylic acids is 1. The first kappa shape index (κ1) is 17.0. The van der Waals surface area contributed by atoms with Gasteiger partial charge in [-0.2, -0.15) is 0 Å². The minimum Gasteiger partial charge on any atom is -0.478 e. The van der Waals surface area contributed by atoms with Crippen LogP contribution in [0, 0.1) is 11.2 Å². The fraction of sp³-hybridized carbons (Fsp3) is 0.412. The Bertz CT molecular complexity index is 801. The summed E-state index contributed by atoms with van der Waals surface area (Å²) >= 11 is 1.41. The highest BCUT2D eigenvalue weighted by atomic mass is 32.1. The van der Waals surface area contributed by atoms with Gasteiger partial charge in [0.15, 0.2) is 0 Å². The van der Waals surface area contributed by atoms with Gasteiger partial charge in [0.05, 0.1) is 22.3 Å². The first-order valence-corrected chi connectivity index (χ1v) is 8.48. The van der Waals surface area contributed by atoms with Crippen LogP contribution in [0.25, 0.3) is 10.4 Å². The molecule has 0 spiro atoms. The van der Waals surface area contributed by atoms with Crippen molar-refractivity contribution in [2.75, 3.05) is 0 Å². The maximum absolute atomic E-state index is 13.7. The molecule has 7 heteroatoms. The molecule has 2 heterocycles. The van der Waals surface area contributed by atoms with E-state index in [1.165, 1.54) is 17.4 Å². The summed E-state index contributed by atoms with van der Waals surface area (Å²) in [6, 6.07) is 1.30. The Balaban J connectivity index is 2.21. The second-order valence-corrected chi connectivity index (χ2v) is 7.92. The molecule has 1 aliphatic carbocycles. The van der Waals surface area contributed by atoms with Crippen LogP contribution in [0.2, 0.25) is 0 Å². The highest BCUT2D eigenvalue weighted by Gasteiger charge is 2.33. The lowest BCUT2D eigenvalue weighted by atomic mass is 9.76. The molecular formula is C17H19FN2O3S. The highest BCUT2D eigenvalue weighted by molar-refractivity contribution is 7.16. The molecule has 3 rings (SSSR count). The number of aromatic nitrogens is 1. The number of nitrogens with two attached hydrogens (primary N) is 1. The number of halogens is 1. The third kappa shape index (κ3) is 3.07. The number of carboxylic acids is 1. The lowest BCUT2D eigenvalue weighted by Gasteiger charge is -2.29. The van der Waals surface area contributed by atoms with Crippen molar-refractivity contribution in [3.8, 4) is 10.4 Å². The lowest BCUT2D eigenvalue weighted by Crippen LogP contribution is -2.22. The van der Waals surface area contributed by atoms with Crippen LogP contribution in [0.15, 0.2) is 12.3 Å². The van der Waals surface area contributed by atoms with Gasteiger partial charge in [-0.15, -0.1) is 11.3 Å². The highest BCUT2D eigenvalue weighted by Crippen LogP contribution is 2.45. The average Bonchev–Trinajstić information content (AvgIpc) is 2.86. The molecule has 5 nitrogen and oxygen atoms in total. The van der Waals surface area contributed by atoms with Gasteiger partial charge in [0, 0.05) is 10.4 Å². The van der Waals surface area contributed by atoms with E-state index in [1.54, 1.807) is 0 Å². The summed E-state index contributed by atoms with van der Waals surface area (Å²) in [7, 11) is 0. The predicted molar refractivity (Wildman–Crippen MR) is 89.2 cm³/mol.